The SMILES string of the molecule is Cc1cc(-c2ccc(F)cc2CN2CCN(C)CC2)c(C#N)c(=O)[nH]1. The van der Waals surface area contributed by atoms with Crippen LogP contribution in [0, 0.1) is 24.1 Å². The van der Waals surface area contributed by atoms with Gasteiger partial charge < -0.3 is 9.88 Å². The van der Waals surface area contributed by atoms with Crippen LogP contribution >= 0.6 is 0 Å². The predicted molar refractivity (Wildman–Crippen MR) is 94.7 cm³/mol. The number of aryl methyl sites for hydroxylation is 1. The fourth-order valence-corrected chi connectivity index (χ4v) is 3.21. The Balaban J connectivity index is 2.03. The van der Waals surface area contributed by atoms with Crippen LogP contribution in [0.2, 0.25) is 0 Å². The van der Waals surface area contributed by atoms with E-state index in [1.165, 1.54) is 12.1 Å². The number of H-pyrrole nitrogens is 1. The second-order valence-corrected chi connectivity index (χ2v) is 6.56. The zero-order valence-electron chi connectivity index (χ0n) is 14.5. The van der Waals surface area contributed by atoms with Crippen LogP contribution in [0.3, 0.4) is 0 Å². The molecule has 1 aromatic heterocycles. The highest BCUT2D eigenvalue weighted by Crippen LogP contribution is 2.28. The molecule has 0 saturated carbocycles. The Hall–Kier alpha value is -2.49. The Kier molecular flexibility index (Phi) is 4.98. The molecule has 0 unspecified atom stereocenters. The van der Waals surface area contributed by atoms with Crippen molar-refractivity contribution >= 4 is 0 Å². The highest BCUT2D eigenvalue weighted by Gasteiger charge is 2.18. The molecule has 6 heteroatoms. The largest absolute Gasteiger partial charge is 0.325 e. The molecule has 1 N–H and O–H groups in total. The number of piperazine rings is 1. The number of hydrogen-bond donors (Lipinski definition) is 1. The van der Waals surface area contributed by atoms with Crippen molar-refractivity contribution in [3.8, 4) is 17.2 Å². The van der Waals surface area contributed by atoms with E-state index >= 15 is 0 Å². The number of aromatic amines is 1. The van der Waals surface area contributed by atoms with Gasteiger partial charge in [-0.05, 0) is 43.3 Å². The number of benzene rings is 1. The lowest BCUT2D eigenvalue weighted by molar-refractivity contribution is 0.148. The van der Waals surface area contributed by atoms with Crippen LogP contribution in [0.5, 0.6) is 0 Å². The van der Waals surface area contributed by atoms with Gasteiger partial charge in [0.1, 0.15) is 17.4 Å². The van der Waals surface area contributed by atoms with E-state index < -0.39 is 5.56 Å². The Morgan fingerprint density at radius 1 is 1.20 bits per heavy atom. The smallest absolute Gasteiger partial charge is 0.266 e. The van der Waals surface area contributed by atoms with Gasteiger partial charge in [-0.3, -0.25) is 9.69 Å². The zero-order chi connectivity index (χ0) is 18.0. The van der Waals surface area contributed by atoms with Crippen molar-refractivity contribution in [2.24, 2.45) is 0 Å². The molecule has 25 heavy (non-hydrogen) atoms. The molecule has 1 aromatic carbocycles. The van der Waals surface area contributed by atoms with Gasteiger partial charge in [0.05, 0.1) is 0 Å². The Bertz CT molecular complexity index is 876. The fourth-order valence-electron chi connectivity index (χ4n) is 3.21. The van der Waals surface area contributed by atoms with Crippen molar-refractivity contribution in [2.75, 3.05) is 33.2 Å². The molecule has 2 heterocycles. The monoisotopic (exact) mass is 340 g/mol. The summed E-state index contributed by atoms with van der Waals surface area (Å²) in [5, 5.41) is 9.39. The first kappa shape index (κ1) is 17.3. The molecule has 5 nitrogen and oxygen atoms in total. The molecule has 1 saturated heterocycles. The number of halogens is 1. The minimum absolute atomic E-state index is 0.0665. The number of nitrogens with one attached hydrogen (secondary N) is 1. The Labute approximate surface area is 146 Å². The summed E-state index contributed by atoms with van der Waals surface area (Å²) < 4.78 is 13.9. The standard InChI is InChI=1S/C19H21FN4O/c1-13-9-17(18(11-21)19(25)22-13)16-4-3-15(20)10-14(16)12-24-7-5-23(2)6-8-24/h3-4,9-10H,5-8,12H2,1-2H3,(H,22,25). The van der Waals surface area contributed by atoms with Gasteiger partial charge in [-0.1, -0.05) is 6.07 Å². The van der Waals surface area contributed by atoms with Crippen LogP contribution in [0.25, 0.3) is 11.1 Å². The van der Waals surface area contributed by atoms with Crippen LogP contribution in [0.4, 0.5) is 4.39 Å². The van der Waals surface area contributed by atoms with E-state index in [4.69, 9.17) is 0 Å². The molecule has 130 valence electrons. The highest BCUT2D eigenvalue weighted by molar-refractivity contribution is 5.73. The second-order valence-electron chi connectivity index (χ2n) is 6.56. The average Bonchev–Trinajstić information content (AvgIpc) is 2.56. The van der Waals surface area contributed by atoms with Gasteiger partial charge in [-0.25, -0.2) is 4.39 Å². The molecule has 0 spiro atoms. The van der Waals surface area contributed by atoms with Crippen molar-refractivity contribution in [1.29, 1.82) is 5.26 Å². The third-order valence-electron chi connectivity index (χ3n) is 4.63. The molecule has 1 aliphatic rings. The summed E-state index contributed by atoms with van der Waals surface area (Å²) in [6.07, 6.45) is 0. The van der Waals surface area contributed by atoms with Crippen LogP contribution in [0.15, 0.2) is 29.1 Å². The van der Waals surface area contributed by atoms with Crippen LogP contribution in [-0.4, -0.2) is 48.0 Å². The van der Waals surface area contributed by atoms with E-state index in [1.54, 1.807) is 19.1 Å². The molecular weight excluding hydrogens is 319 g/mol. The molecule has 0 amide bonds. The third-order valence-corrected chi connectivity index (χ3v) is 4.63. The van der Waals surface area contributed by atoms with E-state index in [0.29, 0.717) is 17.8 Å². The van der Waals surface area contributed by atoms with Gasteiger partial charge in [0.2, 0.25) is 0 Å². The molecular formula is C19H21FN4O. The van der Waals surface area contributed by atoms with Gasteiger partial charge in [0, 0.05) is 44.0 Å². The summed E-state index contributed by atoms with van der Waals surface area (Å²) in [4.78, 5) is 19.3. The minimum atomic E-state index is -0.410. The summed E-state index contributed by atoms with van der Waals surface area (Å²) in [7, 11) is 2.09. The Morgan fingerprint density at radius 3 is 2.60 bits per heavy atom. The lowest BCUT2D eigenvalue weighted by Gasteiger charge is -2.32. The van der Waals surface area contributed by atoms with Crippen molar-refractivity contribution in [2.45, 2.75) is 13.5 Å². The number of nitriles is 1. The molecule has 2 aromatic rings. The number of hydrogen-bond acceptors (Lipinski definition) is 4. The molecule has 0 atom stereocenters. The molecule has 1 fully saturated rings. The summed E-state index contributed by atoms with van der Waals surface area (Å²) in [6.45, 7) is 6.13. The van der Waals surface area contributed by atoms with Crippen molar-refractivity contribution in [3.63, 3.8) is 0 Å². The summed E-state index contributed by atoms with van der Waals surface area (Å²) >= 11 is 0. The summed E-state index contributed by atoms with van der Waals surface area (Å²) in [5.74, 6) is -0.312. The lowest BCUT2D eigenvalue weighted by atomic mass is 9.95. The maximum Gasteiger partial charge on any atom is 0.266 e. The fraction of sp³-hybridized carbons (Fsp3) is 0.368. The van der Waals surface area contributed by atoms with E-state index in [9.17, 15) is 14.4 Å². The van der Waals surface area contributed by atoms with Gasteiger partial charge in [0.25, 0.3) is 5.56 Å². The first-order valence-corrected chi connectivity index (χ1v) is 8.31. The van der Waals surface area contributed by atoms with Gasteiger partial charge >= 0.3 is 0 Å². The zero-order valence-corrected chi connectivity index (χ0v) is 14.5. The van der Waals surface area contributed by atoms with E-state index in [2.05, 4.69) is 21.8 Å². The van der Waals surface area contributed by atoms with Crippen LogP contribution in [-0.2, 0) is 6.54 Å². The quantitative estimate of drug-likeness (QED) is 0.929. The van der Waals surface area contributed by atoms with Crippen molar-refractivity contribution in [1.82, 2.24) is 14.8 Å². The number of likely N-dealkylation sites (N-methyl/N-ethyl adjacent to an activating group) is 1. The third kappa shape index (κ3) is 3.78. The van der Waals surface area contributed by atoms with Crippen molar-refractivity contribution in [3.05, 3.63) is 57.3 Å². The lowest BCUT2D eigenvalue weighted by Crippen LogP contribution is -2.43. The maximum absolute atomic E-state index is 13.9. The van der Waals surface area contributed by atoms with Crippen LogP contribution in [0.1, 0.15) is 16.8 Å². The first-order chi connectivity index (χ1) is 12.0. The predicted octanol–water partition coefficient (Wildman–Crippen LogP) is 2.11. The highest BCUT2D eigenvalue weighted by atomic mass is 19.1. The number of pyridine rings is 1. The van der Waals surface area contributed by atoms with Crippen molar-refractivity contribution < 1.29 is 4.39 Å². The van der Waals surface area contributed by atoms with E-state index in [0.717, 1.165) is 37.3 Å². The normalized spacial score (nSPS) is 15.9. The number of nitrogens with zero attached hydrogens (tertiary/aromatic N) is 3. The number of rotatable bonds is 3. The first-order valence-electron chi connectivity index (χ1n) is 8.31. The molecule has 0 radical (unpaired) electrons. The van der Waals surface area contributed by atoms with E-state index in [-0.39, 0.29) is 11.4 Å². The van der Waals surface area contributed by atoms with Gasteiger partial charge in [0.15, 0.2) is 0 Å². The molecule has 1 aliphatic heterocycles. The topological polar surface area (TPSA) is 63.1 Å². The summed E-state index contributed by atoms with van der Waals surface area (Å²) in [5.41, 5.74) is 2.43. The summed E-state index contributed by atoms with van der Waals surface area (Å²) in [6, 6.07) is 8.30. The molecule has 0 aliphatic carbocycles. The van der Waals surface area contributed by atoms with Gasteiger partial charge in [-0.2, -0.15) is 5.26 Å². The Morgan fingerprint density at radius 2 is 1.92 bits per heavy atom. The van der Waals surface area contributed by atoms with E-state index in [1.807, 2.05) is 6.07 Å². The number of aromatic nitrogens is 1. The van der Waals surface area contributed by atoms with Gasteiger partial charge in [-0.15, -0.1) is 0 Å². The molecule has 0 bridgehead atoms. The maximum atomic E-state index is 13.9. The molecule has 3 rings (SSSR count). The average molecular weight is 340 g/mol. The second kappa shape index (κ2) is 7.18. The minimum Gasteiger partial charge on any atom is -0.325 e. The van der Waals surface area contributed by atoms with Crippen LogP contribution < -0.4 is 5.56 Å².